The quantitative estimate of drug-likeness (QED) is 0.391. The fourth-order valence-electron chi connectivity index (χ4n) is 2.65. The van der Waals surface area contributed by atoms with Crippen LogP contribution in [-0.4, -0.2) is 23.4 Å². The van der Waals surface area contributed by atoms with Crippen molar-refractivity contribution in [3.05, 3.63) is 75.6 Å². The van der Waals surface area contributed by atoms with E-state index in [4.69, 9.17) is 0 Å². The molecule has 0 saturated carbocycles. The Morgan fingerprint density at radius 2 is 1.93 bits per heavy atom. The zero-order valence-corrected chi connectivity index (χ0v) is 15.3. The molecule has 0 atom stereocenters. The molecule has 2 N–H and O–H groups in total. The minimum atomic E-state index is -4.62. The average Bonchev–Trinajstić information content (AvgIpc) is 2.67. The fraction of sp³-hybridized carbons (Fsp3) is 0.105. The summed E-state index contributed by atoms with van der Waals surface area (Å²) in [4.78, 5) is 28.1. The first-order valence-corrected chi connectivity index (χ1v) is 9.23. The molecule has 5 nitrogen and oxygen atoms in total. The second-order valence-electron chi connectivity index (χ2n) is 5.70. The summed E-state index contributed by atoms with van der Waals surface area (Å²) in [5.74, 6) is -0.821. The van der Waals surface area contributed by atoms with Crippen LogP contribution in [0.25, 0.3) is 10.9 Å². The van der Waals surface area contributed by atoms with E-state index in [0.717, 1.165) is 28.8 Å². The Morgan fingerprint density at radius 3 is 2.64 bits per heavy atom. The van der Waals surface area contributed by atoms with Gasteiger partial charge in [0.2, 0.25) is 5.43 Å². The molecule has 1 amide bonds. The molecule has 0 bridgehead atoms. The van der Waals surface area contributed by atoms with Crippen LogP contribution in [-0.2, 0) is 6.18 Å². The Kier molecular flexibility index (Phi) is 5.55. The maximum absolute atomic E-state index is 13.1. The molecule has 0 radical (unpaired) electrons. The molecule has 3 rings (SSSR count). The maximum atomic E-state index is 13.1. The monoisotopic (exact) mass is 405 g/mol. The number of nitrogens with one attached hydrogen (secondary N) is 2. The number of halogens is 3. The number of aromatic nitrogens is 1. The number of benzene rings is 2. The highest BCUT2D eigenvalue weighted by Crippen LogP contribution is 2.32. The lowest BCUT2D eigenvalue weighted by Crippen LogP contribution is -2.25. The average molecular weight is 405 g/mol. The number of aromatic amines is 1. The first-order chi connectivity index (χ1) is 13.3. The van der Waals surface area contributed by atoms with Gasteiger partial charge in [-0.2, -0.15) is 18.3 Å². The normalized spacial score (nSPS) is 11.9. The first-order valence-electron chi connectivity index (χ1n) is 8.01. The number of fused-ring (bicyclic) bond motifs is 1. The van der Waals surface area contributed by atoms with Gasteiger partial charge in [-0.05, 0) is 24.5 Å². The summed E-state index contributed by atoms with van der Waals surface area (Å²) in [7, 11) is 0. The fourth-order valence-corrected chi connectivity index (χ4v) is 3.22. The van der Waals surface area contributed by atoms with Gasteiger partial charge in [-0.15, -0.1) is 11.8 Å². The molecule has 0 unspecified atom stereocenters. The number of para-hydroxylation sites is 1. The summed E-state index contributed by atoms with van der Waals surface area (Å²) < 4.78 is 39.2. The van der Waals surface area contributed by atoms with Gasteiger partial charge < -0.3 is 4.98 Å². The summed E-state index contributed by atoms with van der Waals surface area (Å²) in [6, 6.07) is 10.6. The van der Waals surface area contributed by atoms with Crippen LogP contribution in [0.3, 0.4) is 0 Å². The molecular weight excluding hydrogens is 391 g/mol. The highest BCUT2D eigenvalue weighted by atomic mass is 32.2. The summed E-state index contributed by atoms with van der Waals surface area (Å²) >= 11 is 1.51. The lowest BCUT2D eigenvalue weighted by Gasteiger charge is -2.10. The molecule has 28 heavy (non-hydrogen) atoms. The molecule has 0 fully saturated rings. The second-order valence-corrected chi connectivity index (χ2v) is 6.55. The van der Waals surface area contributed by atoms with E-state index < -0.39 is 23.1 Å². The topological polar surface area (TPSA) is 74.3 Å². The number of nitrogens with zero attached hydrogens (tertiary/aromatic N) is 1. The van der Waals surface area contributed by atoms with Crippen molar-refractivity contribution in [2.75, 3.05) is 6.26 Å². The number of hydrogen-bond acceptors (Lipinski definition) is 4. The Hall–Kier alpha value is -3.07. The summed E-state index contributed by atoms with van der Waals surface area (Å²) in [5, 5.41) is 3.61. The molecule has 0 saturated heterocycles. The Balaban J connectivity index is 1.90. The molecule has 2 aromatic carbocycles. The number of thioether (sulfide) groups is 1. The van der Waals surface area contributed by atoms with Gasteiger partial charge in [0.05, 0.1) is 17.3 Å². The van der Waals surface area contributed by atoms with Gasteiger partial charge in [0, 0.05) is 22.0 Å². The van der Waals surface area contributed by atoms with Crippen molar-refractivity contribution in [3.63, 3.8) is 0 Å². The van der Waals surface area contributed by atoms with E-state index in [9.17, 15) is 22.8 Å². The molecule has 1 heterocycles. The van der Waals surface area contributed by atoms with E-state index in [2.05, 4.69) is 15.5 Å². The third-order valence-corrected chi connectivity index (χ3v) is 4.78. The number of alkyl halides is 3. The lowest BCUT2D eigenvalue weighted by molar-refractivity contribution is -0.136. The van der Waals surface area contributed by atoms with Gasteiger partial charge in [0.25, 0.3) is 5.91 Å². The molecule has 9 heteroatoms. The number of hydrazone groups is 1. The third-order valence-electron chi connectivity index (χ3n) is 3.97. The second kappa shape index (κ2) is 7.89. The standard InChI is InChI=1S/C19H14F3N3O2S/c1-28-15-8-3-2-5-11(15)9-24-25-18(27)13-10-23-16-12(17(13)26)6-4-7-14(16)19(20,21)22/h2-10H,1H3,(H,23,26)(H,25,27)/b24-9-. The lowest BCUT2D eigenvalue weighted by atomic mass is 10.1. The summed E-state index contributed by atoms with van der Waals surface area (Å²) in [6.07, 6.45) is -0.336. The van der Waals surface area contributed by atoms with E-state index >= 15 is 0 Å². The minimum Gasteiger partial charge on any atom is -0.360 e. The number of H-pyrrole nitrogens is 1. The molecule has 0 spiro atoms. The zero-order chi connectivity index (χ0) is 20.3. The van der Waals surface area contributed by atoms with Crippen molar-refractivity contribution in [1.29, 1.82) is 0 Å². The van der Waals surface area contributed by atoms with E-state index in [1.54, 1.807) is 0 Å². The van der Waals surface area contributed by atoms with Gasteiger partial charge in [-0.1, -0.05) is 24.3 Å². The van der Waals surface area contributed by atoms with Crippen LogP contribution in [0.15, 0.2) is 63.5 Å². The summed E-state index contributed by atoms with van der Waals surface area (Å²) in [5.41, 5.74) is 0.526. The third kappa shape index (κ3) is 3.94. The van der Waals surface area contributed by atoms with Gasteiger partial charge in [-0.3, -0.25) is 9.59 Å². The van der Waals surface area contributed by atoms with Crippen molar-refractivity contribution in [3.8, 4) is 0 Å². The van der Waals surface area contributed by atoms with E-state index in [-0.39, 0.29) is 16.5 Å². The van der Waals surface area contributed by atoms with E-state index in [1.807, 2.05) is 30.5 Å². The van der Waals surface area contributed by atoms with Crippen LogP contribution < -0.4 is 10.9 Å². The number of carbonyl (C=O) groups is 1. The van der Waals surface area contributed by atoms with Crippen LogP contribution in [0.4, 0.5) is 13.2 Å². The van der Waals surface area contributed by atoms with Crippen molar-refractivity contribution in [2.24, 2.45) is 5.10 Å². The van der Waals surface area contributed by atoms with Crippen molar-refractivity contribution in [1.82, 2.24) is 10.4 Å². The number of rotatable bonds is 4. The molecule has 144 valence electrons. The van der Waals surface area contributed by atoms with Crippen LogP contribution in [0.1, 0.15) is 21.5 Å². The predicted molar refractivity (Wildman–Crippen MR) is 103 cm³/mol. The largest absolute Gasteiger partial charge is 0.418 e. The van der Waals surface area contributed by atoms with E-state index in [0.29, 0.717) is 0 Å². The Labute approximate surface area is 161 Å². The zero-order valence-electron chi connectivity index (χ0n) is 14.5. The van der Waals surface area contributed by atoms with Crippen LogP contribution >= 0.6 is 11.8 Å². The van der Waals surface area contributed by atoms with Gasteiger partial charge >= 0.3 is 6.18 Å². The van der Waals surface area contributed by atoms with E-state index in [1.165, 1.54) is 24.0 Å². The number of carbonyl (C=O) groups excluding carboxylic acids is 1. The van der Waals surface area contributed by atoms with Crippen molar-refractivity contribution < 1.29 is 18.0 Å². The number of amides is 1. The minimum absolute atomic E-state index is 0.223. The van der Waals surface area contributed by atoms with Gasteiger partial charge in [0.1, 0.15) is 5.56 Å². The predicted octanol–water partition coefficient (Wildman–Crippen LogP) is 4.03. The van der Waals surface area contributed by atoms with Gasteiger partial charge in [-0.25, -0.2) is 5.43 Å². The molecule has 0 aliphatic rings. The Bertz CT molecular complexity index is 1120. The smallest absolute Gasteiger partial charge is 0.360 e. The maximum Gasteiger partial charge on any atom is 0.418 e. The summed E-state index contributed by atoms with van der Waals surface area (Å²) in [6.45, 7) is 0. The van der Waals surface area contributed by atoms with Crippen molar-refractivity contribution in [2.45, 2.75) is 11.1 Å². The highest BCUT2D eigenvalue weighted by Gasteiger charge is 2.33. The first kappa shape index (κ1) is 19.7. The van der Waals surface area contributed by atoms with Crippen LogP contribution in [0.5, 0.6) is 0 Å². The van der Waals surface area contributed by atoms with Crippen LogP contribution in [0, 0.1) is 0 Å². The van der Waals surface area contributed by atoms with Crippen LogP contribution in [0.2, 0.25) is 0 Å². The molecule has 1 aromatic heterocycles. The number of pyridine rings is 1. The molecule has 0 aliphatic carbocycles. The Morgan fingerprint density at radius 1 is 1.18 bits per heavy atom. The van der Waals surface area contributed by atoms with Gasteiger partial charge in [0.15, 0.2) is 0 Å². The van der Waals surface area contributed by atoms with Crippen molar-refractivity contribution >= 4 is 34.8 Å². The molecular formula is C19H14F3N3O2S. The highest BCUT2D eigenvalue weighted by molar-refractivity contribution is 7.98. The SMILES string of the molecule is CSc1ccccc1/C=N\NC(=O)c1c[nH]c2c(C(F)(F)F)cccc2c1=O. The molecule has 0 aliphatic heterocycles. The number of hydrogen-bond donors (Lipinski definition) is 2. The molecule has 3 aromatic rings.